The Labute approximate surface area is 138 Å². The zero-order chi connectivity index (χ0) is 15.2. The van der Waals surface area contributed by atoms with Gasteiger partial charge in [-0.25, -0.2) is 0 Å². The van der Waals surface area contributed by atoms with Crippen LogP contribution < -0.4 is 17.8 Å². The van der Waals surface area contributed by atoms with Crippen LogP contribution in [0, 0.1) is 0 Å². The molecule has 0 aromatic heterocycles. The first kappa shape index (κ1) is 13.9. The fourth-order valence-corrected chi connectivity index (χ4v) is 10.8. The molecule has 109 valence electrons. The van der Waals surface area contributed by atoms with Crippen LogP contribution in [0.2, 0.25) is 10.7 Å². The maximum absolute atomic E-state index is 6.28. The number of benzene rings is 3. The molecule has 1 aliphatic rings. The summed E-state index contributed by atoms with van der Waals surface area (Å²) in [5.74, 6) is 1.97. The zero-order valence-electron chi connectivity index (χ0n) is 12.2. The molecule has 0 bridgehead atoms. The first-order valence-electron chi connectivity index (χ1n) is 7.19. The molecule has 0 N–H and O–H groups in total. The minimum atomic E-state index is -2.53. The van der Waals surface area contributed by atoms with Crippen molar-refractivity contribution in [3.05, 3.63) is 77.8 Å². The van der Waals surface area contributed by atoms with Crippen molar-refractivity contribution in [1.82, 2.24) is 0 Å². The van der Waals surface area contributed by atoms with Crippen LogP contribution in [0.5, 0.6) is 11.5 Å². The molecule has 3 aromatic rings. The Morgan fingerprint density at radius 3 is 1.95 bits per heavy atom. The van der Waals surface area contributed by atoms with E-state index in [2.05, 4.69) is 54.2 Å². The van der Waals surface area contributed by atoms with E-state index in [1.807, 2.05) is 24.3 Å². The van der Waals surface area contributed by atoms with Crippen molar-refractivity contribution in [3.8, 4) is 11.5 Å². The molecule has 3 heteroatoms. The summed E-state index contributed by atoms with van der Waals surface area (Å²) in [6.07, 6.45) is 0. The van der Waals surface area contributed by atoms with Crippen LogP contribution >= 0.6 is 11.6 Å². The predicted octanol–water partition coefficient (Wildman–Crippen LogP) is 3.55. The molecule has 0 fully saturated rings. The molecule has 0 atom stereocenters. The fourth-order valence-electron chi connectivity index (χ4n) is 3.11. The summed E-state index contributed by atoms with van der Waals surface area (Å²) in [7, 11) is 0. The Morgan fingerprint density at radius 2 is 1.36 bits per heavy atom. The molecule has 0 aliphatic carbocycles. The fraction of sp³-hybridized carbons (Fsp3) is 0.0526. The molecule has 1 radical (unpaired) electrons. The first-order chi connectivity index (χ1) is 10.7. The van der Waals surface area contributed by atoms with E-state index in [-0.39, 0.29) is 0 Å². The molecule has 3 aromatic carbocycles. The third-order valence-electron chi connectivity index (χ3n) is 4.24. The second kappa shape index (κ2) is 5.19. The van der Waals surface area contributed by atoms with E-state index in [4.69, 9.17) is 16.3 Å². The summed E-state index contributed by atoms with van der Waals surface area (Å²) in [6.45, 7) is 0. The zero-order valence-corrected chi connectivity index (χ0v) is 14.8. The van der Waals surface area contributed by atoms with Crippen LogP contribution in [0.1, 0.15) is 0 Å². The van der Waals surface area contributed by atoms with Crippen LogP contribution in [0.4, 0.5) is 0 Å². The number of hydrogen-bond donors (Lipinski definition) is 0. The molecule has 1 nitrogen and oxygen atoms in total. The van der Waals surface area contributed by atoms with Gasteiger partial charge in [0.1, 0.15) is 0 Å². The summed E-state index contributed by atoms with van der Waals surface area (Å²) < 4.78 is 10.1. The predicted molar refractivity (Wildman–Crippen MR) is 94.9 cm³/mol. The second-order valence-electron chi connectivity index (χ2n) is 5.52. The van der Waals surface area contributed by atoms with Gasteiger partial charge in [-0.05, 0) is 0 Å². The van der Waals surface area contributed by atoms with E-state index >= 15 is 0 Å². The average molecular weight is 370 g/mol. The Morgan fingerprint density at radius 1 is 0.773 bits per heavy atom. The van der Waals surface area contributed by atoms with Crippen molar-refractivity contribution in [1.29, 1.82) is 0 Å². The van der Waals surface area contributed by atoms with Crippen LogP contribution in [0.25, 0.3) is 0 Å². The quantitative estimate of drug-likeness (QED) is 0.596. The van der Waals surface area contributed by atoms with E-state index in [1.54, 1.807) is 0 Å². The van der Waals surface area contributed by atoms with Crippen molar-refractivity contribution in [3.63, 3.8) is 0 Å². The molecular formula is C19H15AsClO. The van der Waals surface area contributed by atoms with E-state index in [9.17, 15) is 0 Å². The van der Waals surface area contributed by atoms with E-state index in [1.165, 1.54) is 13.1 Å². The Bertz CT molecular complexity index is 814. The van der Waals surface area contributed by atoms with Gasteiger partial charge in [-0.3, -0.25) is 0 Å². The van der Waals surface area contributed by atoms with Gasteiger partial charge in [0, 0.05) is 0 Å². The van der Waals surface area contributed by atoms with Gasteiger partial charge in [0.05, 0.1) is 0 Å². The van der Waals surface area contributed by atoms with Crippen molar-refractivity contribution in [2.24, 2.45) is 0 Å². The third kappa shape index (κ3) is 2.00. The molecule has 0 saturated carbocycles. The van der Waals surface area contributed by atoms with Crippen LogP contribution in [-0.2, 0) is 0 Å². The van der Waals surface area contributed by atoms with E-state index in [0.717, 1.165) is 16.5 Å². The summed E-state index contributed by atoms with van der Waals surface area (Å²) in [6, 6.07) is 25.1. The van der Waals surface area contributed by atoms with Crippen molar-refractivity contribution < 1.29 is 4.74 Å². The number of hydrogen-bond acceptors (Lipinski definition) is 1. The van der Waals surface area contributed by atoms with Crippen molar-refractivity contribution in [2.75, 3.05) is 0 Å². The Hall–Kier alpha value is -1.69. The van der Waals surface area contributed by atoms with Gasteiger partial charge in [-0.2, -0.15) is 0 Å². The summed E-state index contributed by atoms with van der Waals surface area (Å²) >= 11 is 3.75. The second-order valence-corrected chi connectivity index (χ2v) is 13.3. The summed E-state index contributed by atoms with van der Waals surface area (Å²) in [5, 5.41) is 0.793. The van der Waals surface area contributed by atoms with Crippen molar-refractivity contribution in [2.45, 2.75) is 5.71 Å². The normalized spacial score (nSPS) is 14.6. The number of ether oxygens (including phenoxy) is 1. The topological polar surface area (TPSA) is 9.23 Å². The molecule has 0 spiro atoms. The minimum absolute atomic E-state index is 0.793. The monoisotopic (exact) mass is 369 g/mol. The maximum atomic E-state index is 6.28. The van der Waals surface area contributed by atoms with Crippen LogP contribution in [-0.4, -0.2) is 13.6 Å². The van der Waals surface area contributed by atoms with Gasteiger partial charge in [-0.15, -0.1) is 0 Å². The standard InChI is InChI=1S/C19H15AsClO/c1-20(14-7-6-8-15(21)13-14)16-9-2-4-11-18(16)22-19-12-5-3-10-17(19)20/h2-13H,1H3. The SMILES string of the molecule is C[As]1(c2cccc(Cl)c2)c2ccccc2Oc2ccccc21. The van der Waals surface area contributed by atoms with Gasteiger partial charge in [0.25, 0.3) is 0 Å². The van der Waals surface area contributed by atoms with Gasteiger partial charge < -0.3 is 0 Å². The van der Waals surface area contributed by atoms with E-state index in [0.29, 0.717) is 0 Å². The molecule has 1 heterocycles. The Balaban J connectivity index is 2.06. The van der Waals surface area contributed by atoms with Crippen molar-refractivity contribution >= 4 is 38.2 Å². The third-order valence-corrected chi connectivity index (χ3v) is 12.8. The van der Waals surface area contributed by atoms with Gasteiger partial charge in [0.15, 0.2) is 0 Å². The molecule has 0 unspecified atom stereocenters. The summed E-state index contributed by atoms with van der Waals surface area (Å²) in [5.41, 5.74) is 2.41. The number of para-hydroxylation sites is 2. The molecule has 0 saturated heterocycles. The molecule has 1 aliphatic heterocycles. The molecular weight excluding hydrogens is 355 g/mol. The molecule has 22 heavy (non-hydrogen) atoms. The average Bonchev–Trinajstić information content (AvgIpc) is 2.55. The first-order valence-corrected chi connectivity index (χ1v) is 12.3. The number of fused-ring (bicyclic) bond motifs is 2. The number of halogens is 1. The van der Waals surface area contributed by atoms with Gasteiger partial charge >= 0.3 is 138 Å². The van der Waals surface area contributed by atoms with E-state index < -0.39 is 13.6 Å². The van der Waals surface area contributed by atoms with Crippen LogP contribution in [0.15, 0.2) is 72.8 Å². The molecule has 4 rings (SSSR count). The number of rotatable bonds is 1. The van der Waals surface area contributed by atoms with Gasteiger partial charge in [-0.1, -0.05) is 0 Å². The van der Waals surface area contributed by atoms with Gasteiger partial charge in [0.2, 0.25) is 0 Å². The summed E-state index contributed by atoms with van der Waals surface area (Å²) in [4.78, 5) is 0. The molecule has 0 amide bonds. The Kier molecular flexibility index (Phi) is 3.29. The van der Waals surface area contributed by atoms with Crippen LogP contribution in [0.3, 0.4) is 0 Å².